The maximum atomic E-state index is 10.1. The van der Waals surface area contributed by atoms with Gasteiger partial charge in [-0.3, -0.25) is 4.90 Å². The first-order valence-corrected chi connectivity index (χ1v) is 8.56. The van der Waals surface area contributed by atoms with Gasteiger partial charge in [-0.15, -0.1) is 0 Å². The van der Waals surface area contributed by atoms with Crippen LogP contribution in [0.1, 0.15) is 25.3 Å². The van der Waals surface area contributed by atoms with Crippen molar-refractivity contribution >= 4 is 0 Å². The molecule has 2 aliphatic rings. The van der Waals surface area contributed by atoms with Gasteiger partial charge in [-0.25, -0.2) is 0 Å². The molecule has 0 saturated carbocycles. The molecule has 0 amide bonds. The van der Waals surface area contributed by atoms with Crippen LogP contribution in [0.5, 0.6) is 0 Å². The molecule has 1 aliphatic heterocycles. The van der Waals surface area contributed by atoms with E-state index >= 15 is 0 Å². The summed E-state index contributed by atoms with van der Waals surface area (Å²) >= 11 is 0. The van der Waals surface area contributed by atoms with E-state index in [1.165, 1.54) is 0 Å². The summed E-state index contributed by atoms with van der Waals surface area (Å²) in [7, 11) is 2.01. The highest BCUT2D eigenvalue weighted by atomic mass is 15.1. The minimum atomic E-state index is -1.58. The molecule has 26 heavy (non-hydrogen) atoms. The first-order valence-electron chi connectivity index (χ1n) is 8.56. The van der Waals surface area contributed by atoms with Gasteiger partial charge in [0.1, 0.15) is 6.07 Å². The van der Waals surface area contributed by atoms with Crippen LogP contribution in [-0.4, -0.2) is 24.5 Å². The quantitative estimate of drug-likeness (QED) is 0.845. The van der Waals surface area contributed by atoms with Crippen LogP contribution in [0.25, 0.3) is 0 Å². The van der Waals surface area contributed by atoms with E-state index in [0.717, 1.165) is 11.1 Å². The molecule has 0 spiro atoms. The average Bonchev–Trinajstić information content (AvgIpc) is 2.64. The van der Waals surface area contributed by atoms with Gasteiger partial charge in [0, 0.05) is 23.9 Å². The number of nitrogens with zero attached hydrogens (tertiary/aromatic N) is 4. The Kier molecular flexibility index (Phi) is 4.11. The third-order valence-electron chi connectivity index (χ3n) is 5.93. The van der Waals surface area contributed by atoms with Gasteiger partial charge >= 0.3 is 0 Å². The van der Waals surface area contributed by atoms with Crippen LogP contribution in [0.15, 0.2) is 53.3 Å². The maximum absolute atomic E-state index is 10.1. The Balaban J connectivity index is 2.44. The Morgan fingerprint density at radius 2 is 1.77 bits per heavy atom. The summed E-state index contributed by atoms with van der Waals surface area (Å²) in [5.41, 5.74) is 6.23. The third-order valence-corrected chi connectivity index (χ3v) is 5.93. The van der Waals surface area contributed by atoms with Crippen LogP contribution in [0, 0.1) is 44.8 Å². The molecule has 1 aliphatic carbocycles. The normalized spacial score (nSPS) is 30.4. The lowest BCUT2D eigenvalue weighted by molar-refractivity contribution is 0.124. The molecule has 2 N–H and O–H groups in total. The topological polar surface area (TPSA) is 101 Å². The largest absolute Gasteiger partial charge is 0.399 e. The summed E-state index contributed by atoms with van der Waals surface area (Å²) < 4.78 is 0. The number of fused-ring (bicyclic) bond motifs is 1. The monoisotopic (exact) mass is 343 g/mol. The van der Waals surface area contributed by atoms with Crippen molar-refractivity contribution in [3.63, 3.8) is 0 Å². The smallest absolute Gasteiger partial charge is 0.191 e. The number of benzene rings is 1. The summed E-state index contributed by atoms with van der Waals surface area (Å²) in [5.74, 6) is -0.468. The third kappa shape index (κ3) is 2.17. The molecule has 3 rings (SSSR count). The van der Waals surface area contributed by atoms with E-state index in [-0.39, 0.29) is 17.3 Å². The van der Waals surface area contributed by atoms with Crippen molar-refractivity contribution in [3.8, 4) is 18.2 Å². The zero-order valence-electron chi connectivity index (χ0n) is 15.2. The number of likely N-dealkylation sites (N-methyl/N-ethyl adjacent to an activating group) is 1. The Bertz CT molecular complexity index is 908. The number of hydrogen-bond acceptors (Lipinski definition) is 5. The summed E-state index contributed by atoms with van der Waals surface area (Å²) in [6, 6.07) is 16.2. The molecule has 0 fully saturated rings. The predicted molar refractivity (Wildman–Crippen MR) is 98.0 cm³/mol. The number of hydrogen-bond donors (Lipinski definition) is 1. The molecular weight excluding hydrogens is 322 g/mol. The van der Waals surface area contributed by atoms with Gasteiger partial charge in [0.15, 0.2) is 5.41 Å². The Hall–Kier alpha value is -3.07. The van der Waals surface area contributed by atoms with Gasteiger partial charge in [-0.1, -0.05) is 43.3 Å². The minimum Gasteiger partial charge on any atom is -0.399 e. The fraction of sp³-hybridized carbons (Fsp3) is 0.381. The SMILES string of the molecule is C[C@H]1C=C2C(C#N)=C(N)C(C#N)(C#N)C(c3ccccc3)[C@@]2(C)CN1C. The van der Waals surface area contributed by atoms with Gasteiger partial charge in [0.2, 0.25) is 0 Å². The molecule has 1 aromatic carbocycles. The summed E-state index contributed by atoms with van der Waals surface area (Å²) in [5, 5.41) is 29.9. The molecule has 1 heterocycles. The molecule has 1 unspecified atom stereocenters. The van der Waals surface area contributed by atoms with Crippen molar-refractivity contribution in [1.29, 1.82) is 15.8 Å². The lowest BCUT2D eigenvalue weighted by Crippen LogP contribution is -2.54. The summed E-state index contributed by atoms with van der Waals surface area (Å²) in [6.07, 6.45) is 2.05. The second-order valence-corrected chi connectivity index (χ2v) is 7.43. The van der Waals surface area contributed by atoms with Crippen molar-refractivity contribution in [1.82, 2.24) is 4.90 Å². The van der Waals surface area contributed by atoms with Gasteiger partial charge in [-0.05, 0) is 25.1 Å². The molecule has 5 heteroatoms. The van der Waals surface area contributed by atoms with Gasteiger partial charge < -0.3 is 5.73 Å². The molecule has 0 bridgehead atoms. The van der Waals surface area contributed by atoms with E-state index in [0.29, 0.717) is 6.54 Å². The second kappa shape index (κ2) is 6.03. The van der Waals surface area contributed by atoms with Crippen molar-refractivity contribution < 1.29 is 0 Å². The zero-order chi connectivity index (χ0) is 19.1. The van der Waals surface area contributed by atoms with Crippen molar-refractivity contribution in [2.45, 2.75) is 25.8 Å². The maximum Gasteiger partial charge on any atom is 0.191 e. The van der Waals surface area contributed by atoms with E-state index < -0.39 is 16.7 Å². The number of allylic oxidation sites excluding steroid dienone is 2. The predicted octanol–water partition coefficient (Wildman–Crippen LogP) is 2.82. The lowest BCUT2D eigenvalue weighted by atomic mass is 9.51. The second-order valence-electron chi connectivity index (χ2n) is 7.43. The van der Waals surface area contributed by atoms with Crippen LogP contribution in [0.3, 0.4) is 0 Å². The van der Waals surface area contributed by atoms with Crippen LogP contribution >= 0.6 is 0 Å². The lowest BCUT2D eigenvalue weighted by Gasteiger charge is -2.53. The molecule has 130 valence electrons. The van der Waals surface area contributed by atoms with Gasteiger partial charge in [0.05, 0.1) is 23.4 Å². The van der Waals surface area contributed by atoms with Crippen molar-refractivity contribution in [3.05, 3.63) is 58.8 Å². The Labute approximate surface area is 154 Å². The van der Waals surface area contributed by atoms with E-state index in [1.807, 2.05) is 50.4 Å². The molecule has 3 atom stereocenters. The first-order chi connectivity index (χ1) is 12.4. The van der Waals surface area contributed by atoms with E-state index in [9.17, 15) is 15.8 Å². The van der Waals surface area contributed by atoms with Crippen molar-refractivity contribution in [2.24, 2.45) is 16.6 Å². The van der Waals surface area contributed by atoms with Gasteiger partial charge in [0.25, 0.3) is 0 Å². The summed E-state index contributed by atoms with van der Waals surface area (Å²) in [6.45, 7) is 4.72. The van der Waals surface area contributed by atoms with Crippen LogP contribution < -0.4 is 5.73 Å². The number of nitriles is 3. The van der Waals surface area contributed by atoms with E-state index in [1.54, 1.807) is 0 Å². The molecule has 0 saturated heterocycles. The number of nitrogens with two attached hydrogens (primary N) is 1. The Morgan fingerprint density at radius 3 is 2.31 bits per heavy atom. The molecule has 0 aromatic heterocycles. The molecular formula is C21H21N5. The van der Waals surface area contributed by atoms with Crippen LogP contribution in [0.2, 0.25) is 0 Å². The van der Waals surface area contributed by atoms with Crippen LogP contribution in [-0.2, 0) is 0 Å². The zero-order valence-corrected chi connectivity index (χ0v) is 15.2. The Morgan fingerprint density at radius 1 is 1.15 bits per heavy atom. The fourth-order valence-electron chi connectivity index (χ4n) is 4.56. The van der Waals surface area contributed by atoms with E-state index in [4.69, 9.17) is 5.73 Å². The molecule has 0 radical (unpaired) electrons. The molecule has 1 aromatic rings. The van der Waals surface area contributed by atoms with Crippen molar-refractivity contribution in [2.75, 3.05) is 13.6 Å². The first kappa shape index (κ1) is 17.7. The summed E-state index contributed by atoms with van der Waals surface area (Å²) in [4.78, 5) is 2.18. The minimum absolute atomic E-state index is 0.0688. The van der Waals surface area contributed by atoms with Gasteiger partial charge in [-0.2, -0.15) is 15.8 Å². The van der Waals surface area contributed by atoms with E-state index in [2.05, 4.69) is 30.0 Å². The standard InChI is InChI=1S/C21H21N5/c1-14-9-17-16(10-22)19(25)21(11-23,12-24)18(15-7-5-4-6-8-15)20(17,2)13-26(14)3/h4-9,14,18H,13,25H2,1-3H3/t14-,18?,20-/m0/s1. The average molecular weight is 343 g/mol. The highest BCUT2D eigenvalue weighted by molar-refractivity contribution is 5.61. The number of rotatable bonds is 1. The highest BCUT2D eigenvalue weighted by Crippen LogP contribution is 2.60. The fourth-order valence-corrected chi connectivity index (χ4v) is 4.56. The van der Waals surface area contributed by atoms with Crippen LogP contribution in [0.4, 0.5) is 0 Å². The highest BCUT2D eigenvalue weighted by Gasteiger charge is 2.60. The molecule has 5 nitrogen and oxygen atoms in total.